The first-order chi connectivity index (χ1) is 21.2. The zero-order valence-corrected chi connectivity index (χ0v) is 25.3. The number of hydrogen-bond donors (Lipinski definition) is 5. The smallest absolute Gasteiger partial charge is 0.228 e. The lowest BCUT2D eigenvalue weighted by Gasteiger charge is -2.53. The summed E-state index contributed by atoms with van der Waals surface area (Å²) in [6, 6.07) is 11.3. The molecule has 2 aliphatic carbocycles. The second kappa shape index (κ2) is 10.1. The van der Waals surface area contributed by atoms with Gasteiger partial charge in [-0.1, -0.05) is 30.3 Å². The highest BCUT2D eigenvalue weighted by Crippen LogP contribution is 2.54. The van der Waals surface area contributed by atoms with E-state index in [1.807, 2.05) is 30.3 Å². The number of carbonyl (C=O) groups excluding carboxylic acids is 2. The van der Waals surface area contributed by atoms with Crippen LogP contribution in [0.15, 0.2) is 42.5 Å². The molecule has 2 heterocycles. The van der Waals surface area contributed by atoms with Crippen LogP contribution in [0.3, 0.4) is 0 Å². The van der Waals surface area contributed by atoms with Crippen molar-refractivity contribution in [3.8, 4) is 17.2 Å². The molecule has 0 spiro atoms. The summed E-state index contributed by atoms with van der Waals surface area (Å²) in [6.45, 7) is 3.40. The van der Waals surface area contributed by atoms with Gasteiger partial charge in [0, 0.05) is 29.5 Å². The van der Waals surface area contributed by atoms with Crippen molar-refractivity contribution in [1.29, 1.82) is 0 Å². The number of hydrogen-bond acceptors (Lipinski definition) is 11. The number of aliphatic hydroxyl groups excluding tert-OH is 2. The summed E-state index contributed by atoms with van der Waals surface area (Å²) in [4.78, 5) is 30.1. The van der Waals surface area contributed by atoms with E-state index in [1.54, 1.807) is 32.8 Å². The molecular formula is C34H35NO10. The Bertz CT molecular complexity index is 1750. The van der Waals surface area contributed by atoms with Gasteiger partial charge in [-0.2, -0.15) is 0 Å². The molecule has 11 nitrogen and oxygen atoms in total. The fraction of sp³-hybridized carbons (Fsp3) is 0.412. The number of phenols is 2. The van der Waals surface area contributed by atoms with Crippen LogP contribution >= 0.6 is 0 Å². The van der Waals surface area contributed by atoms with Crippen LogP contribution in [-0.4, -0.2) is 86.2 Å². The van der Waals surface area contributed by atoms with Crippen LogP contribution in [-0.2, 0) is 28.1 Å². The van der Waals surface area contributed by atoms with Gasteiger partial charge < -0.3 is 44.6 Å². The van der Waals surface area contributed by atoms with E-state index in [0.29, 0.717) is 11.1 Å². The number of ketones is 2. The van der Waals surface area contributed by atoms with E-state index in [4.69, 9.17) is 14.2 Å². The van der Waals surface area contributed by atoms with E-state index in [0.717, 1.165) is 5.56 Å². The minimum Gasteiger partial charge on any atom is -0.507 e. The lowest BCUT2D eigenvalue weighted by atomic mass is 9.72. The number of aliphatic hydroxyl groups is 3. The third-order valence-corrected chi connectivity index (χ3v) is 9.67. The van der Waals surface area contributed by atoms with E-state index in [-0.39, 0.29) is 53.0 Å². The van der Waals surface area contributed by atoms with Gasteiger partial charge in [-0.05, 0) is 51.2 Å². The van der Waals surface area contributed by atoms with Gasteiger partial charge in [-0.3, -0.25) is 9.59 Å². The minimum absolute atomic E-state index is 0.0888. The van der Waals surface area contributed by atoms with Crippen LogP contribution in [0.25, 0.3) is 0 Å². The summed E-state index contributed by atoms with van der Waals surface area (Å²) in [7, 11) is 3.38. The highest BCUT2D eigenvalue weighted by molar-refractivity contribution is 6.31. The monoisotopic (exact) mass is 617 g/mol. The van der Waals surface area contributed by atoms with E-state index in [9.17, 15) is 35.1 Å². The molecule has 2 aliphatic heterocycles. The highest BCUT2D eigenvalue weighted by atomic mass is 16.7. The summed E-state index contributed by atoms with van der Waals surface area (Å²) in [5.74, 6) is -2.57. The minimum atomic E-state index is -1.51. The van der Waals surface area contributed by atoms with Crippen LogP contribution in [0.2, 0.25) is 0 Å². The van der Waals surface area contributed by atoms with Crippen LogP contribution in [0.1, 0.15) is 80.5 Å². The topological polar surface area (TPSA) is 166 Å². The van der Waals surface area contributed by atoms with Crippen LogP contribution in [0.5, 0.6) is 17.2 Å². The first-order valence-corrected chi connectivity index (χ1v) is 14.9. The van der Waals surface area contributed by atoms with Crippen LogP contribution in [0, 0.1) is 0 Å². The van der Waals surface area contributed by atoms with E-state index in [1.165, 1.54) is 12.1 Å². The molecule has 3 aromatic carbocycles. The third kappa shape index (κ3) is 4.33. The van der Waals surface area contributed by atoms with Crippen LogP contribution < -0.4 is 4.74 Å². The summed E-state index contributed by atoms with van der Waals surface area (Å²) in [5.41, 5.74) is -1.95. The van der Waals surface area contributed by atoms with Crippen molar-refractivity contribution in [2.45, 2.75) is 75.1 Å². The Morgan fingerprint density at radius 2 is 1.71 bits per heavy atom. The lowest BCUT2D eigenvalue weighted by Crippen LogP contribution is -2.68. The molecule has 7 atom stereocenters. The fourth-order valence-corrected chi connectivity index (χ4v) is 7.47. The van der Waals surface area contributed by atoms with Gasteiger partial charge in [0.2, 0.25) is 12.1 Å². The number of carbonyl (C=O) groups is 2. The Hall–Kier alpha value is -3.84. The zero-order valence-electron chi connectivity index (χ0n) is 25.3. The third-order valence-electron chi connectivity index (χ3n) is 9.67. The summed E-state index contributed by atoms with van der Waals surface area (Å²) >= 11 is 0. The van der Waals surface area contributed by atoms with E-state index < -0.39 is 64.9 Å². The Balaban J connectivity index is 1.36. The fourth-order valence-electron chi connectivity index (χ4n) is 7.47. The molecule has 3 aromatic rings. The van der Waals surface area contributed by atoms with Gasteiger partial charge in [0.05, 0.1) is 41.0 Å². The lowest BCUT2D eigenvalue weighted by molar-refractivity contribution is -0.311. The number of ether oxygens (including phenoxy) is 3. The van der Waals surface area contributed by atoms with Crippen molar-refractivity contribution in [3.05, 3.63) is 87.0 Å². The second-order valence-electron chi connectivity index (χ2n) is 13.2. The van der Waals surface area contributed by atoms with Gasteiger partial charge in [-0.25, -0.2) is 0 Å². The molecule has 0 amide bonds. The molecule has 1 saturated heterocycles. The van der Waals surface area contributed by atoms with Gasteiger partial charge in [0.15, 0.2) is 5.78 Å². The molecule has 45 heavy (non-hydrogen) atoms. The molecular weight excluding hydrogens is 582 g/mol. The predicted molar refractivity (Wildman–Crippen MR) is 158 cm³/mol. The predicted octanol–water partition coefficient (Wildman–Crippen LogP) is 2.44. The SMILES string of the molecule is CN(C)C1C(O)C2Oc3c(cc(O)c4c3C(=O)c3cc5c(c(O)c3C4=O)C(OCc3ccccc3)CC(C)(O)C5)C(C)(O2)C1O. The quantitative estimate of drug-likeness (QED) is 0.228. The number of rotatable bonds is 4. The van der Waals surface area contributed by atoms with Gasteiger partial charge in [0.25, 0.3) is 0 Å². The summed E-state index contributed by atoms with van der Waals surface area (Å²) in [6.07, 6.45) is -4.45. The van der Waals surface area contributed by atoms with Crippen molar-refractivity contribution in [3.63, 3.8) is 0 Å². The highest BCUT2D eigenvalue weighted by Gasteiger charge is 2.59. The maximum atomic E-state index is 14.3. The molecule has 0 aromatic heterocycles. The number of benzene rings is 3. The molecule has 11 heteroatoms. The Morgan fingerprint density at radius 1 is 1.00 bits per heavy atom. The van der Waals surface area contributed by atoms with Crippen molar-refractivity contribution in [1.82, 2.24) is 4.90 Å². The maximum absolute atomic E-state index is 14.3. The zero-order chi connectivity index (χ0) is 32.2. The number of fused-ring (bicyclic) bond motifs is 8. The average molecular weight is 618 g/mol. The molecule has 1 fully saturated rings. The van der Waals surface area contributed by atoms with Crippen molar-refractivity contribution in [2.24, 2.45) is 0 Å². The Kier molecular flexibility index (Phi) is 6.69. The second-order valence-corrected chi connectivity index (χ2v) is 13.2. The maximum Gasteiger partial charge on any atom is 0.228 e. The number of phenolic OH excluding ortho intramolecular Hbond substituents is 2. The van der Waals surface area contributed by atoms with Crippen molar-refractivity contribution in [2.75, 3.05) is 14.1 Å². The molecule has 0 saturated carbocycles. The number of nitrogens with zero attached hydrogens (tertiary/aromatic N) is 1. The number of likely N-dealkylation sites (N-methyl/N-ethyl adjacent to an activating group) is 1. The molecule has 0 radical (unpaired) electrons. The molecule has 236 valence electrons. The van der Waals surface area contributed by atoms with E-state index >= 15 is 0 Å². The molecule has 2 bridgehead atoms. The van der Waals surface area contributed by atoms with Crippen molar-refractivity contribution >= 4 is 11.6 Å². The standard InChI is InChI=1S/C34H35NO10/c1-33(42)12-16-10-17-22(27(38)21(16)20(13-33)43-14-15-8-6-5-7-9-15)28(39)23-19(36)11-18-30(24(23)26(17)37)44-32-29(40)25(35(3)4)31(41)34(18,2)45-32/h5-11,20,25,29,31-32,36,38,40-42H,12-14H2,1-4H3. The summed E-state index contributed by atoms with van der Waals surface area (Å²) < 4.78 is 18.2. The summed E-state index contributed by atoms with van der Waals surface area (Å²) in [5, 5.41) is 56.5. The molecule has 4 aliphatic rings. The van der Waals surface area contributed by atoms with Crippen LogP contribution in [0.4, 0.5) is 0 Å². The number of aromatic hydroxyl groups is 2. The molecule has 7 rings (SSSR count). The largest absolute Gasteiger partial charge is 0.507 e. The average Bonchev–Trinajstić information content (AvgIpc) is 2.97. The first kappa shape index (κ1) is 29.8. The van der Waals surface area contributed by atoms with Gasteiger partial charge in [-0.15, -0.1) is 0 Å². The van der Waals surface area contributed by atoms with Crippen molar-refractivity contribution < 1.29 is 49.3 Å². The van der Waals surface area contributed by atoms with E-state index in [2.05, 4.69) is 0 Å². The van der Waals surface area contributed by atoms with Gasteiger partial charge >= 0.3 is 0 Å². The molecule has 7 unspecified atom stereocenters. The molecule has 5 N–H and O–H groups in total. The Labute approximate surface area is 259 Å². The van der Waals surface area contributed by atoms with Gasteiger partial charge in [0.1, 0.15) is 35.1 Å². The first-order valence-electron chi connectivity index (χ1n) is 14.9. The Morgan fingerprint density at radius 3 is 2.40 bits per heavy atom. The normalized spacial score (nSPS) is 31.5.